The molecule has 5 heteroatoms. The van der Waals surface area contributed by atoms with Gasteiger partial charge in [-0.1, -0.05) is 24.8 Å². The van der Waals surface area contributed by atoms with Crippen molar-refractivity contribution in [2.24, 2.45) is 0 Å². The highest BCUT2D eigenvalue weighted by Gasteiger charge is 2.39. The van der Waals surface area contributed by atoms with Crippen LogP contribution in [0.5, 0.6) is 5.75 Å². The van der Waals surface area contributed by atoms with Crippen molar-refractivity contribution in [3.05, 3.63) is 42.5 Å². The zero-order valence-electron chi connectivity index (χ0n) is 12.2. The molecule has 2 atom stereocenters. The predicted molar refractivity (Wildman–Crippen MR) is 79.4 cm³/mol. The first kappa shape index (κ1) is 15.5. The fourth-order valence-corrected chi connectivity index (χ4v) is 2.26. The molecule has 2 rings (SSSR count). The molecule has 1 saturated heterocycles. The summed E-state index contributed by atoms with van der Waals surface area (Å²) in [6.07, 6.45) is 1.85. The summed E-state index contributed by atoms with van der Waals surface area (Å²) in [4.78, 5) is 12.3. The Morgan fingerprint density at radius 2 is 2.38 bits per heavy atom. The lowest BCUT2D eigenvalue weighted by atomic mass is 9.96. The minimum Gasteiger partial charge on any atom is -0.489 e. The van der Waals surface area contributed by atoms with Gasteiger partial charge in [-0.15, -0.1) is 0 Å². The lowest BCUT2D eigenvalue weighted by Gasteiger charge is -2.26. The predicted octanol–water partition coefficient (Wildman–Crippen LogP) is 1.52. The normalized spacial score (nSPS) is 24.6. The van der Waals surface area contributed by atoms with E-state index < -0.39 is 5.60 Å². The fraction of sp³-hybridized carbons (Fsp3) is 0.438. The molecule has 0 aromatic heterocycles. The van der Waals surface area contributed by atoms with E-state index in [0.717, 1.165) is 0 Å². The van der Waals surface area contributed by atoms with Crippen molar-refractivity contribution in [2.75, 3.05) is 19.8 Å². The molecular weight excluding hydrogens is 270 g/mol. The summed E-state index contributed by atoms with van der Waals surface area (Å²) in [5, 5.41) is 13.1. The van der Waals surface area contributed by atoms with Gasteiger partial charge >= 0.3 is 0 Å². The number of hydrogen-bond acceptors (Lipinski definition) is 4. The van der Waals surface area contributed by atoms with Crippen molar-refractivity contribution in [1.29, 1.82) is 0 Å². The monoisotopic (exact) mass is 291 g/mol. The molecule has 2 N–H and O–H groups in total. The number of nitrogens with one attached hydrogen (secondary N) is 1. The second kappa shape index (κ2) is 6.74. The third kappa shape index (κ3) is 3.62. The zero-order valence-corrected chi connectivity index (χ0v) is 12.2. The molecular formula is C16H21NO4. The van der Waals surface area contributed by atoms with Crippen LogP contribution >= 0.6 is 0 Å². The van der Waals surface area contributed by atoms with Crippen molar-refractivity contribution in [3.63, 3.8) is 0 Å². The molecule has 114 valence electrons. The van der Waals surface area contributed by atoms with Crippen LogP contribution in [0.1, 0.15) is 23.7 Å². The average molecular weight is 291 g/mol. The largest absolute Gasteiger partial charge is 0.489 e. The fourth-order valence-electron chi connectivity index (χ4n) is 2.26. The quantitative estimate of drug-likeness (QED) is 0.780. The maximum Gasteiger partial charge on any atom is 0.255 e. The second-order valence-electron chi connectivity index (χ2n) is 5.15. The molecule has 1 aliphatic heterocycles. The summed E-state index contributed by atoms with van der Waals surface area (Å²) in [6, 6.07) is 6.99. The van der Waals surface area contributed by atoms with E-state index in [2.05, 4.69) is 11.9 Å². The van der Waals surface area contributed by atoms with E-state index in [1.165, 1.54) is 0 Å². The third-order valence-electron chi connectivity index (χ3n) is 3.70. The number of carbonyl (C=O) groups is 1. The van der Waals surface area contributed by atoms with E-state index in [1.54, 1.807) is 37.3 Å². The number of carbonyl (C=O) groups excluding carboxylic acids is 1. The Balaban J connectivity index is 2.02. The topological polar surface area (TPSA) is 67.8 Å². The molecule has 1 fully saturated rings. The number of aliphatic hydroxyl groups is 1. The lowest BCUT2D eigenvalue weighted by molar-refractivity contribution is -0.0251. The Hall–Kier alpha value is -1.85. The van der Waals surface area contributed by atoms with Gasteiger partial charge in [-0.05, 0) is 19.1 Å². The standard InChI is InChI=1S/C16H21NO4/c1-3-9-21-14-7-5-4-6-13(14)15(18)17-11-16(19)8-10-20-12(16)2/h3-7,12,19H,1,8-11H2,2H3,(H,17,18). The SMILES string of the molecule is C=CCOc1ccccc1C(=O)NCC1(O)CCOC1C. The summed E-state index contributed by atoms with van der Waals surface area (Å²) in [5.74, 6) is 0.222. The summed E-state index contributed by atoms with van der Waals surface area (Å²) in [7, 11) is 0. The van der Waals surface area contributed by atoms with Gasteiger partial charge in [0.2, 0.25) is 0 Å². The lowest BCUT2D eigenvalue weighted by Crippen LogP contribution is -2.47. The van der Waals surface area contributed by atoms with Crippen molar-refractivity contribution in [1.82, 2.24) is 5.32 Å². The van der Waals surface area contributed by atoms with E-state index in [1.807, 2.05) is 0 Å². The maximum absolute atomic E-state index is 12.3. The van der Waals surface area contributed by atoms with Crippen LogP contribution in [0.3, 0.4) is 0 Å². The van der Waals surface area contributed by atoms with Crippen molar-refractivity contribution in [3.8, 4) is 5.75 Å². The van der Waals surface area contributed by atoms with E-state index in [-0.39, 0.29) is 18.6 Å². The van der Waals surface area contributed by atoms with Crippen molar-refractivity contribution >= 4 is 5.91 Å². The van der Waals surface area contributed by atoms with Gasteiger partial charge in [-0.25, -0.2) is 0 Å². The Kier molecular flexibility index (Phi) is 4.98. The molecule has 1 aliphatic rings. The number of ether oxygens (including phenoxy) is 2. The summed E-state index contributed by atoms with van der Waals surface area (Å²) in [5.41, 5.74) is -0.568. The molecule has 0 bridgehead atoms. The molecule has 5 nitrogen and oxygen atoms in total. The Labute approximate surface area is 124 Å². The van der Waals surface area contributed by atoms with Crippen molar-refractivity contribution in [2.45, 2.75) is 25.0 Å². The van der Waals surface area contributed by atoms with Gasteiger partial charge in [0.1, 0.15) is 18.0 Å². The summed E-state index contributed by atoms with van der Waals surface area (Å²) < 4.78 is 10.8. The minimum atomic E-state index is -1.01. The number of rotatable bonds is 6. The molecule has 2 unspecified atom stereocenters. The molecule has 0 aliphatic carbocycles. The first-order chi connectivity index (χ1) is 10.1. The van der Waals surface area contributed by atoms with Gasteiger partial charge in [-0.3, -0.25) is 4.79 Å². The number of hydrogen-bond donors (Lipinski definition) is 2. The van der Waals surface area contributed by atoms with Crippen molar-refractivity contribution < 1.29 is 19.4 Å². The van der Waals surface area contributed by atoms with Crippen LogP contribution in [0, 0.1) is 0 Å². The molecule has 0 spiro atoms. The molecule has 21 heavy (non-hydrogen) atoms. The Bertz CT molecular complexity index is 517. The number of benzene rings is 1. The first-order valence-corrected chi connectivity index (χ1v) is 7.02. The van der Waals surface area contributed by atoms with E-state index in [0.29, 0.717) is 30.9 Å². The molecule has 0 radical (unpaired) electrons. The van der Waals surface area contributed by atoms with Crippen LogP contribution < -0.4 is 10.1 Å². The smallest absolute Gasteiger partial charge is 0.255 e. The Morgan fingerprint density at radius 3 is 3.05 bits per heavy atom. The summed E-state index contributed by atoms with van der Waals surface area (Å²) >= 11 is 0. The van der Waals surface area contributed by atoms with Gasteiger partial charge in [0.05, 0.1) is 11.7 Å². The maximum atomic E-state index is 12.3. The van der Waals surface area contributed by atoms with Crippen LogP contribution in [0.4, 0.5) is 0 Å². The van der Waals surface area contributed by atoms with Gasteiger partial charge in [-0.2, -0.15) is 0 Å². The van der Waals surface area contributed by atoms with E-state index in [4.69, 9.17) is 9.47 Å². The van der Waals surface area contributed by atoms with Crippen LogP contribution in [-0.4, -0.2) is 42.5 Å². The van der Waals surface area contributed by atoms with Crippen LogP contribution in [0.2, 0.25) is 0 Å². The number of amides is 1. The van der Waals surface area contributed by atoms with Crippen LogP contribution in [-0.2, 0) is 4.74 Å². The van der Waals surface area contributed by atoms with Gasteiger partial charge in [0.15, 0.2) is 0 Å². The van der Waals surface area contributed by atoms with Crippen LogP contribution in [0.15, 0.2) is 36.9 Å². The molecule has 1 aromatic carbocycles. The van der Waals surface area contributed by atoms with Gasteiger partial charge in [0, 0.05) is 19.6 Å². The highest BCUT2D eigenvalue weighted by Crippen LogP contribution is 2.25. The molecule has 1 aromatic rings. The zero-order chi connectivity index (χ0) is 15.3. The first-order valence-electron chi connectivity index (χ1n) is 7.02. The summed E-state index contributed by atoms with van der Waals surface area (Å²) in [6.45, 7) is 6.38. The Morgan fingerprint density at radius 1 is 1.62 bits per heavy atom. The van der Waals surface area contributed by atoms with Crippen LogP contribution in [0.25, 0.3) is 0 Å². The highest BCUT2D eigenvalue weighted by atomic mass is 16.5. The van der Waals surface area contributed by atoms with E-state index in [9.17, 15) is 9.90 Å². The molecule has 1 heterocycles. The second-order valence-corrected chi connectivity index (χ2v) is 5.15. The minimum absolute atomic E-state index is 0.156. The number of para-hydroxylation sites is 1. The van der Waals surface area contributed by atoms with Gasteiger partial charge < -0.3 is 19.9 Å². The van der Waals surface area contributed by atoms with Gasteiger partial charge in [0.25, 0.3) is 5.91 Å². The average Bonchev–Trinajstić information content (AvgIpc) is 2.83. The molecule has 1 amide bonds. The third-order valence-corrected chi connectivity index (χ3v) is 3.70. The highest BCUT2D eigenvalue weighted by molar-refractivity contribution is 5.96. The molecule has 0 saturated carbocycles. The van der Waals surface area contributed by atoms with E-state index >= 15 is 0 Å².